The van der Waals surface area contributed by atoms with Crippen LogP contribution in [0.1, 0.15) is 30.5 Å². The number of hydrogen-bond acceptors (Lipinski definition) is 3. The summed E-state index contributed by atoms with van der Waals surface area (Å²) < 4.78 is 5.61. The molecule has 0 saturated carbocycles. The van der Waals surface area contributed by atoms with E-state index in [1.165, 1.54) is 11.1 Å². The van der Waals surface area contributed by atoms with Gasteiger partial charge in [0.1, 0.15) is 12.4 Å². The van der Waals surface area contributed by atoms with E-state index in [4.69, 9.17) is 4.74 Å². The van der Waals surface area contributed by atoms with E-state index in [1.807, 2.05) is 43.3 Å². The average molecular weight is 370 g/mol. The van der Waals surface area contributed by atoms with Crippen molar-refractivity contribution >= 4 is 6.03 Å². The zero-order chi connectivity index (χ0) is 19.5. The summed E-state index contributed by atoms with van der Waals surface area (Å²) in [5.41, 5.74) is 3.60. The van der Waals surface area contributed by atoms with Crippen molar-refractivity contribution in [3.8, 4) is 5.75 Å². The van der Waals surface area contributed by atoms with Crippen LogP contribution >= 0.6 is 0 Å². The van der Waals surface area contributed by atoms with Crippen LogP contribution in [-0.4, -0.2) is 37.2 Å². The van der Waals surface area contributed by atoms with E-state index in [0.29, 0.717) is 19.7 Å². The second-order valence-electron chi connectivity index (χ2n) is 6.50. The molecule has 27 heavy (non-hydrogen) atoms. The van der Waals surface area contributed by atoms with Crippen molar-refractivity contribution in [3.05, 3.63) is 65.2 Å². The SMILES string of the molecule is CCN(CC)Cc1ccccc1CNC(=O)NCCOc1ccc(C)cc1. The Morgan fingerprint density at radius 3 is 2.30 bits per heavy atom. The summed E-state index contributed by atoms with van der Waals surface area (Å²) in [5, 5.41) is 5.76. The smallest absolute Gasteiger partial charge is 0.315 e. The minimum absolute atomic E-state index is 0.180. The second kappa shape index (κ2) is 11.2. The molecule has 0 aliphatic rings. The molecule has 0 spiro atoms. The molecular weight excluding hydrogens is 338 g/mol. The van der Waals surface area contributed by atoms with Gasteiger partial charge in [-0.25, -0.2) is 4.79 Å². The number of aryl methyl sites for hydroxylation is 1. The fourth-order valence-corrected chi connectivity index (χ4v) is 2.78. The van der Waals surface area contributed by atoms with Gasteiger partial charge in [-0.2, -0.15) is 0 Å². The first kappa shape index (κ1) is 20.8. The summed E-state index contributed by atoms with van der Waals surface area (Å²) in [6.45, 7) is 10.7. The number of carbonyl (C=O) groups is 1. The largest absolute Gasteiger partial charge is 0.492 e. The number of hydrogen-bond donors (Lipinski definition) is 2. The van der Waals surface area contributed by atoms with Crippen molar-refractivity contribution < 1.29 is 9.53 Å². The third-order valence-corrected chi connectivity index (χ3v) is 4.52. The van der Waals surface area contributed by atoms with Crippen LogP contribution in [0.5, 0.6) is 5.75 Å². The molecule has 0 bridgehead atoms. The number of benzene rings is 2. The highest BCUT2D eigenvalue weighted by molar-refractivity contribution is 5.73. The summed E-state index contributed by atoms with van der Waals surface area (Å²) in [5.74, 6) is 0.813. The van der Waals surface area contributed by atoms with E-state index >= 15 is 0 Å². The molecule has 146 valence electrons. The number of nitrogens with one attached hydrogen (secondary N) is 2. The van der Waals surface area contributed by atoms with Crippen LogP contribution in [0.25, 0.3) is 0 Å². The number of nitrogens with zero attached hydrogens (tertiary/aromatic N) is 1. The third-order valence-electron chi connectivity index (χ3n) is 4.52. The van der Waals surface area contributed by atoms with Crippen LogP contribution in [0.2, 0.25) is 0 Å². The van der Waals surface area contributed by atoms with Crippen LogP contribution in [0, 0.1) is 6.92 Å². The van der Waals surface area contributed by atoms with Gasteiger partial charge in [-0.05, 0) is 43.3 Å². The fourth-order valence-electron chi connectivity index (χ4n) is 2.78. The van der Waals surface area contributed by atoms with Gasteiger partial charge in [-0.3, -0.25) is 4.90 Å². The minimum Gasteiger partial charge on any atom is -0.492 e. The molecular formula is C22H31N3O2. The molecule has 5 heteroatoms. The summed E-state index contributed by atoms with van der Waals surface area (Å²) in [4.78, 5) is 14.4. The molecule has 0 fully saturated rings. The lowest BCUT2D eigenvalue weighted by molar-refractivity contribution is 0.236. The van der Waals surface area contributed by atoms with Gasteiger partial charge in [0.15, 0.2) is 0 Å². The molecule has 2 rings (SSSR count). The topological polar surface area (TPSA) is 53.6 Å². The van der Waals surface area contributed by atoms with Crippen LogP contribution in [0.3, 0.4) is 0 Å². The normalized spacial score (nSPS) is 10.7. The highest BCUT2D eigenvalue weighted by atomic mass is 16.5. The van der Waals surface area contributed by atoms with E-state index in [0.717, 1.165) is 30.9 Å². The van der Waals surface area contributed by atoms with Crippen LogP contribution in [0.4, 0.5) is 4.79 Å². The molecule has 0 unspecified atom stereocenters. The Morgan fingerprint density at radius 2 is 1.63 bits per heavy atom. The maximum atomic E-state index is 12.0. The molecule has 2 aromatic rings. The minimum atomic E-state index is -0.180. The van der Waals surface area contributed by atoms with E-state index in [-0.39, 0.29) is 6.03 Å². The van der Waals surface area contributed by atoms with Gasteiger partial charge in [0.25, 0.3) is 0 Å². The lowest BCUT2D eigenvalue weighted by Crippen LogP contribution is -2.37. The van der Waals surface area contributed by atoms with Crippen molar-refractivity contribution in [3.63, 3.8) is 0 Å². The Morgan fingerprint density at radius 1 is 0.963 bits per heavy atom. The quantitative estimate of drug-likeness (QED) is 0.628. The molecule has 0 aliphatic carbocycles. The highest BCUT2D eigenvalue weighted by Crippen LogP contribution is 2.12. The maximum Gasteiger partial charge on any atom is 0.315 e. The number of amides is 2. The molecule has 0 saturated heterocycles. The van der Waals surface area contributed by atoms with Gasteiger partial charge < -0.3 is 15.4 Å². The van der Waals surface area contributed by atoms with Gasteiger partial charge in [0.2, 0.25) is 0 Å². The molecule has 0 radical (unpaired) electrons. The molecule has 2 N–H and O–H groups in total. The van der Waals surface area contributed by atoms with Gasteiger partial charge in [0.05, 0.1) is 6.54 Å². The summed E-state index contributed by atoms with van der Waals surface area (Å²) >= 11 is 0. The van der Waals surface area contributed by atoms with Crippen LogP contribution in [0.15, 0.2) is 48.5 Å². The van der Waals surface area contributed by atoms with Gasteiger partial charge in [0, 0.05) is 13.1 Å². The predicted molar refractivity (Wildman–Crippen MR) is 110 cm³/mol. The number of ether oxygens (including phenoxy) is 1. The van der Waals surface area contributed by atoms with Crippen molar-refractivity contribution in [2.24, 2.45) is 0 Å². The summed E-state index contributed by atoms with van der Waals surface area (Å²) in [7, 11) is 0. The highest BCUT2D eigenvalue weighted by Gasteiger charge is 2.07. The summed E-state index contributed by atoms with van der Waals surface area (Å²) in [6.07, 6.45) is 0. The average Bonchev–Trinajstić information content (AvgIpc) is 2.70. The van der Waals surface area contributed by atoms with Crippen molar-refractivity contribution in [1.82, 2.24) is 15.5 Å². The molecule has 2 aromatic carbocycles. The van der Waals surface area contributed by atoms with E-state index in [9.17, 15) is 4.79 Å². The first-order chi connectivity index (χ1) is 13.1. The molecule has 0 aromatic heterocycles. The Kier molecular flexibility index (Phi) is 8.65. The molecule has 5 nitrogen and oxygen atoms in total. The van der Waals surface area contributed by atoms with Crippen LogP contribution in [-0.2, 0) is 13.1 Å². The van der Waals surface area contributed by atoms with Crippen molar-refractivity contribution in [2.45, 2.75) is 33.9 Å². The van der Waals surface area contributed by atoms with E-state index in [1.54, 1.807) is 0 Å². The predicted octanol–water partition coefficient (Wildman–Crippen LogP) is 3.72. The third kappa shape index (κ3) is 7.31. The van der Waals surface area contributed by atoms with Crippen LogP contribution < -0.4 is 15.4 Å². The first-order valence-electron chi connectivity index (χ1n) is 9.62. The second-order valence-corrected chi connectivity index (χ2v) is 6.50. The summed E-state index contributed by atoms with van der Waals surface area (Å²) in [6, 6.07) is 15.9. The van der Waals surface area contributed by atoms with E-state index < -0.39 is 0 Å². The standard InChI is InChI=1S/C22H31N3O2/c1-4-25(5-2)17-20-9-7-6-8-19(20)16-24-22(26)23-14-15-27-21-12-10-18(3)11-13-21/h6-13H,4-5,14-17H2,1-3H3,(H2,23,24,26). The van der Waals surface area contributed by atoms with E-state index in [2.05, 4.69) is 41.5 Å². The molecule has 0 atom stereocenters. The zero-order valence-electron chi connectivity index (χ0n) is 16.6. The lowest BCUT2D eigenvalue weighted by atomic mass is 10.1. The monoisotopic (exact) mass is 369 g/mol. The van der Waals surface area contributed by atoms with Gasteiger partial charge >= 0.3 is 6.03 Å². The Hall–Kier alpha value is -2.53. The van der Waals surface area contributed by atoms with Gasteiger partial charge in [-0.15, -0.1) is 0 Å². The number of urea groups is 1. The first-order valence-corrected chi connectivity index (χ1v) is 9.62. The molecule has 0 heterocycles. The van der Waals surface area contributed by atoms with Gasteiger partial charge in [-0.1, -0.05) is 55.8 Å². The fraction of sp³-hybridized carbons (Fsp3) is 0.409. The Labute approximate surface area is 162 Å². The molecule has 0 aliphatic heterocycles. The Bertz CT molecular complexity index is 697. The number of rotatable bonds is 10. The van der Waals surface area contributed by atoms with Crippen molar-refractivity contribution in [2.75, 3.05) is 26.2 Å². The Balaban J connectivity index is 1.73. The zero-order valence-corrected chi connectivity index (χ0v) is 16.6. The lowest BCUT2D eigenvalue weighted by Gasteiger charge is -2.20. The molecule has 2 amide bonds. The maximum absolute atomic E-state index is 12.0. The van der Waals surface area contributed by atoms with Crippen molar-refractivity contribution in [1.29, 1.82) is 0 Å². The number of carbonyl (C=O) groups excluding carboxylic acids is 1.